The van der Waals surface area contributed by atoms with E-state index < -0.39 is 12.4 Å². The van der Waals surface area contributed by atoms with Crippen LogP contribution in [0.1, 0.15) is 23.2 Å². The van der Waals surface area contributed by atoms with E-state index in [-0.39, 0.29) is 23.6 Å². The fraction of sp³-hybridized carbons (Fsp3) is 0.400. The van der Waals surface area contributed by atoms with Crippen LogP contribution in [0.5, 0.6) is 0 Å². The van der Waals surface area contributed by atoms with Gasteiger partial charge in [-0.25, -0.2) is 8.78 Å². The van der Waals surface area contributed by atoms with Crippen LogP contribution < -0.4 is 0 Å². The molecule has 1 aromatic rings. The Morgan fingerprint density at radius 2 is 2.29 bits per heavy atom. The number of nitrogens with zero attached hydrogens (tertiary/aromatic N) is 1. The maximum absolute atomic E-state index is 12.9. The highest BCUT2D eigenvalue weighted by Crippen LogP contribution is 2.30. The van der Waals surface area contributed by atoms with Gasteiger partial charge in [0.25, 0.3) is 6.43 Å². The maximum atomic E-state index is 12.9. The third-order valence-electron chi connectivity index (χ3n) is 2.11. The van der Waals surface area contributed by atoms with E-state index in [1.165, 1.54) is 13.3 Å². The molecule has 0 amide bonds. The summed E-state index contributed by atoms with van der Waals surface area (Å²) in [5.74, 6) is -0.586. The molecule has 17 heavy (non-hydrogen) atoms. The maximum Gasteiger partial charge on any atom is 0.310 e. The van der Waals surface area contributed by atoms with Gasteiger partial charge in [0.05, 0.1) is 30.7 Å². The summed E-state index contributed by atoms with van der Waals surface area (Å²) in [6.07, 6.45) is -1.37. The summed E-state index contributed by atoms with van der Waals surface area (Å²) in [5.41, 5.74) is 0.350. The van der Waals surface area contributed by atoms with E-state index in [0.29, 0.717) is 9.13 Å². The molecule has 0 radical (unpaired) electrons. The summed E-state index contributed by atoms with van der Waals surface area (Å²) in [6, 6.07) is 0. The first-order chi connectivity index (χ1) is 8.01. The third kappa shape index (κ3) is 3.48. The minimum atomic E-state index is -2.67. The molecule has 0 spiro atoms. The van der Waals surface area contributed by atoms with Gasteiger partial charge in [0.1, 0.15) is 0 Å². The van der Waals surface area contributed by atoms with E-state index in [2.05, 4.69) is 9.72 Å². The van der Waals surface area contributed by atoms with Crippen LogP contribution in [0.25, 0.3) is 0 Å². The van der Waals surface area contributed by atoms with Gasteiger partial charge in [-0.1, -0.05) is 0 Å². The average molecular weight is 376 g/mol. The fourth-order valence-electron chi connectivity index (χ4n) is 1.26. The molecule has 0 atom stereocenters. The van der Waals surface area contributed by atoms with Crippen molar-refractivity contribution in [2.75, 3.05) is 7.11 Å². The monoisotopic (exact) mass is 375 g/mol. The van der Waals surface area contributed by atoms with Crippen LogP contribution in [-0.4, -0.2) is 18.1 Å². The summed E-state index contributed by atoms with van der Waals surface area (Å²) in [5, 5.41) is 0. The van der Waals surface area contributed by atoms with Crippen molar-refractivity contribution in [3.05, 3.63) is 26.6 Å². The highest BCUT2D eigenvalue weighted by atomic mass is 127. The van der Waals surface area contributed by atoms with Crippen molar-refractivity contribution in [2.24, 2.45) is 0 Å². The molecular formula is C10H9ClF2INO2. The number of esters is 1. The number of rotatable bonds is 4. The number of carbonyl (C=O) groups excluding carboxylic acids is 1. The first-order valence-electron chi connectivity index (χ1n) is 4.58. The SMILES string of the molecule is COC(=O)Cc1cnc(CCl)c(C(F)F)c1I. The lowest BCUT2D eigenvalue weighted by molar-refractivity contribution is -0.139. The van der Waals surface area contributed by atoms with E-state index in [0.717, 1.165) is 0 Å². The fourth-order valence-corrected chi connectivity index (χ4v) is 2.35. The molecule has 0 fully saturated rings. The van der Waals surface area contributed by atoms with Gasteiger partial charge in [-0.2, -0.15) is 0 Å². The molecule has 0 bridgehead atoms. The molecule has 94 valence electrons. The highest BCUT2D eigenvalue weighted by Gasteiger charge is 2.21. The van der Waals surface area contributed by atoms with Crippen molar-refractivity contribution in [1.82, 2.24) is 4.98 Å². The van der Waals surface area contributed by atoms with E-state index in [1.807, 2.05) is 0 Å². The van der Waals surface area contributed by atoms with E-state index in [4.69, 9.17) is 11.6 Å². The van der Waals surface area contributed by atoms with Crippen molar-refractivity contribution in [3.63, 3.8) is 0 Å². The minimum absolute atomic E-state index is 0.0793. The van der Waals surface area contributed by atoms with Gasteiger partial charge in [-0.3, -0.25) is 9.78 Å². The quantitative estimate of drug-likeness (QED) is 0.461. The minimum Gasteiger partial charge on any atom is -0.469 e. The van der Waals surface area contributed by atoms with Gasteiger partial charge in [-0.05, 0) is 28.2 Å². The number of ether oxygens (including phenoxy) is 1. The number of carbonyl (C=O) groups is 1. The molecule has 0 saturated heterocycles. The van der Waals surface area contributed by atoms with Crippen molar-refractivity contribution < 1.29 is 18.3 Å². The lowest BCUT2D eigenvalue weighted by atomic mass is 10.1. The molecule has 1 rings (SSSR count). The van der Waals surface area contributed by atoms with Crippen LogP contribution in [0.15, 0.2) is 6.20 Å². The first kappa shape index (κ1) is 14.6. The second-order valence-electron chi connectivity index (χ2n) is 3.15. The van der Waals surface area contributed by atoms with Crippen LogP contribution in [0, 0.1) is 3.57 Å². The molecule has 7 heteroatoms. The molecule has 0 saturated carbocycles. The van der Waals surface area contributed by atoms with Crippen LogP contribution >= 0.6 is 34.2 Å². The van der Waals surface area contributed by atoms with Crippen molar-refractivity contribution >= 4 is 40.2 Å². The number of methoxy groups -OCH3 is 1. The van der Waals surface area contributed by atoms with E-state index in [1.54, 1.807) is 22.6 Å². The Morgan fingerprint density at radius 1 is 1.65 bits per heavy atom. The molecule has 3 nitrogen and oxygen atoms in total. The predicted molar refractivity (Wildman–Crippen MR) is 67.2 cm³/mol. The molecule has 0 aromatic carbocycles. The lowest BCUT2D eigenvalue weighted by Gasteiger charge is -2.11. The summed E-state index contributed by atoms with van der Waals surface area (Å²) in [4.78, 5) is 14.9. The van der Waals surface area contributed by atoms with E-state index in [9.17, 15) is 13.6 Å². The van der Waals surface area contributed by atoms with Crippen molar-refractivity contribution in [2.45, 2.75) is 18.7 Å². The summed E-state index contributed by atoms with van der Waals surface area (Å²) < 4.78 is 30.5. The summed E-state index contributed by atoms with van der Waals surface area (Å²) in [7, 11) is 1.24. The Morgan fingerprint density at radius 3 is 2.76 bits per heavy atom. The summed E-state index contributed by atoms with van der Waals surface area (Å²) in [6.45, 7) is 0. The number of pyridine rings is 1. The van der Waals surface area contributed by atoms with Gasteiger partial charge < -0.3 is 4.74 Å². The number of aromatic nitrogens is 1. The van der Waals surface area contributed by atoms with Gasteiger partial charge in [0.15, 0.2) is 0 Å². The molecular weight excluding hydrogens is 366 g/mol. The average Bonchev–Trinajstić information content (AvgIpc) is 2.30. The zero-order chi connectivity index (χ0) is 13.0. The topological polar surface area (TPSA) is 39.2 Å². The molecule has 1 heterocycles. The number of halogens is 4. The van der Waals surface area contributed by atoms with Crippen LogP contribution in [-0.2, 0) is 21.8 Å². The van der Waals surface area contributed by atoms with Gasteiger partial charge in [0.2, 0.25) is 0 Å². The number of hydrogen-bond donors (Lipinski definition) is 0. The summed E-state index contributed by atoms with van der Waals surface area (Å²) >= 11 is 7.31. The van der Waals surface area contributed by atoms with E-state index >= 15 is 0 Å². The lowest BCUT2D eigenvalue weighted by Crippen LogP contribution is -2.10. The Labute approximate surface area is 116 Å². The zero-order valence-electron chi connectivity index (χ0n) is 8.84. The van der Waals surface area contributed by atoms with Gasteiger partial charge >= 0.3 is 5.97 Å². The molecule has 0 aliphatic heterocycles. The van der Waals surface area contributed by atoms with Crippen LogP contribution in [0.3, 0.4) is 0 Å². The van der Waals surface area contributed by atoms with Crippen LogP contribution in [0.2, 0.25) is 0 Å². The molecule has 1 aromatic heterocycles. The molecule has 0 aliphatic carbocycles. The zero-order valence-corrected chi connectivity index (χ0v) is 11.8. The third-order valence-corrected chi connectivity index (χ3v) is 3.64. The Hall–Kier alpha value is -0.500. The molecule has 0 aliphatic rings. The normalized spacial score (nSPS) is 10.7. The van der Waals surface area contributed by atoms with Crippen molar-refractivity contribution in [3.8, 4) is 0 Å². The number of hydrogen-bond acceptors (Lipinski definition) is 3. The first-order valence-corrected chi connectivity index (χ1v) is 6.19. The Bertz CT molecular complexity index is 429. The Kier molecular flexibility index (Phi) is 5.51. The molecule has 0 N–H and O–H groups in total. The van der Waals surface area contributed by atoms with Crippen LogP contribution in [0.4, 0.5) is 8.78 Å². The van der Waals surface area contributed by atoms with Crippen molar-refractivity contribution in [1.29, 1.82) is 0 Å². The van der Waals surface area contributed by atoms with Gasteiger partial charge in [-0.15, -0.1) is 11.6 Å². The second-order valence-corrected chi connectivity index (χ2v) is 4.49. The van der Waals surface area contributed by atoms with Gasteiger partial charge in [0, 0.05) is 9.77 Å². The smallest absolute Gasteiger partial charge is 0.310 e. The highest BCUT2D eigenvalue weighted by molar-refractivity contribution is 14.1. The standard InChI is InChI=1S/C10H9ClF2INO2/c1-17-7(16)2-5-4-15-6(3-11)8(9(5)14)10(12)13/h4,10H,2-3H2,1H3. The number of alkyl halides is 3. The molecule has 0 unspecified atom stereocenters. The Balaban J connectivity index is 3.18. The largest absolute Gasteiger partial charge is 0.469 e. The second kappa shape index (κ2) is 6.44. The predicted octanol–water partition coefficient (Wildman–Crippen LogP) is 3.08.